The van der Waals surface area contributed by atoms with Gasteiger partial charge in [0.15, 0.2) is 0 Å². The van der Waals surface area contributed by atoms with E-state index in [4.69, 9.17) is 16.3 Å². The first-order valence-corrected chi connectivity index (χ1v) is 6.64. The number of hydrogen-bond acceptors (Lipinski definition) is 4. The second kappa shape index (κ2) is 7.40. The summed E-state index contributed by atoms with van der Waals surface area (Å²) in [7, 11) is 1.57. The van der Waals surface area contributed by atoms with Crippen LogP contribution >= 0.6 is 11.6 Å². The fraction of sp³-hybridized carbons (Fsp3) is 0.133. The van der Waals surface area contributed by atoms with Crippen LogP contribution in [0.3, 0.4) is 0 Å². The second-order valence-electron chi connectivity index (χ2n) is 4.09. The summed E-state index contributed by atoms with van der Waals surface area (Å²) in [6.07, 6.45) is 6.91. The second-order valence-corrected chi connectivity index (χ2v) is 4.45. The van der Waals surface area contributed by atoms with Crippen LogP contribution < -0.4 is 10.1 Å². The summed E-state index contributed by atoms with van der Waals surface area (Å²) < 4.78 is 4.98. The van der Waals surface area contributed by atoms with Crippen molar-refractivity contribution in [2.45, 2.75) is 0 Å². The van der Waals surface area contributed by atoms with Gasteiger partial charge >= 0.3 is 0 Å². The van der Waals surface area contributed by atoms with Gasteiger partial charge in [0.1, 0.15) is 5.15 Å². The van der Waals surface area contributed by atoms with E-state index in [0.29, 0.717) is 18.0 Å². The minimum absolute atomic E-state index is 0.193. The highest BCUT2D eigenvalue weighted by atomic mass is 35.5. The van der Waals surface area contributed by atoms with E-state index in [2.05, 4.69) is 15.3 Å². The molecule has 1 N–H and O–H groups in total. The van der Waals surface area contributed by atoms with E-state index in [0.717, 1.165) is 5.56 Å². The summed E-state index contributed by atoms with van der Waals surface area (Å²) in [5.41, 5.74) is 1.28. The number of amides is 1. The summed E-state index contributed by atoms with van der Waals surface area (Å²) in [5, 5.41) is 2.93. The van der Waals surface area contributed by atoms with Gasteiger partial charge < -0.3 is 10.1 Å². The van der Waals surface area contributed by atoms with Crippen LogP contribution in [0.1, 0.15) is 15.9 Å². The molecule has 5 nitrogen and oxygen atoms in total. The first kappa shape index (κ1) is 15.0. The molecule has 6 heteroatoms. The van der Waals surface area contributed by atoms with Crippen molar-refractivity contribution in [2.24, 2.45) is 0 Å². The lowest BCUT2D eigenvalue weighted by molar-refractivity contribution is 0.0958. The van der Waals surface area contributed by atoms with Gasteiger partial charge in [-0.1, -0.05) is 23.8 Å². The van der Waals surface area contributed by atoms with Crippen molar-refractivity contribution in [1.29, 1.82) is 0 Å². The number of hydrogen-bond donors (Lipinski definition) is 1. The van der Waals surface area contributed by atoms with E-state index < -0.39 is 0 Å². The topological polar surface area (TPSA) is 64.1 Å². The molecule has 0 saturated heterocycles. The molecule has 0 bridgehead atoms. The van der Waals surface area contributed by atoms with E-state index in [1.165, 1.54) is 6.20 Å². The molecule has 0 saturated carbocycles. The summed E-state index contributed by atoms with van der Waals surface area (Å²) >= 11 is 5.85. The smallest absolute Gasteiger partial charge is 0.254 e. The van der Waals surface area contributed by atoms with Crippen LogP contribution in [0.15, 0.2) is 42.7 Å². The van der Waals surface area contributed by atoms with Gasteiger partial charge in [0.25, 0.3) is 5.91 Å². The third-order valence-electron chi connectivity index (χ3n) is 2.66. The normalized spacial score (nSPS) is 10.6. The molecule has 0 spiro atoms. The number of rotatable bonds is 5. The number of nitrogens with one attached hydrogen (secondary N) is 1. The van der Waals surface area contributed by atoms with E-state index in [-0.39, 0.29) is 11.1 Å². The fourth-order valence-corrected chi connectivity index (χ4v) is 1.81. The standard InChI is InChI=1S/C15H14ClN3O2/c1-21-13-7-6-11(10-19-13)4-2-9-18-15(20)12-5-3-8-17-14(12)16/h2-8,10H,9H2,1H3,(H,18,20)/b4-2+. The Balaban J connectivity index is 1.87. The molecule has 1 amide bonds. The average Bonchev–Trinajstić information content (AvgIpc) is 2.52. The fourth-order valence-electron chi connectivity index (χ4n) is 1.61. The number of halogens is 1. The molecular formula is C15H14ClN3O2. The van der Waals surface area contributed by atoms with Crippen LogP contribution in [0.2, 0.25) is 5.15 Å². The Hall–Kier alpha value is -2.40. The first-order chi connectivity index (χ1) is 10.2. The summed E-state index contributed by atoms with van der Waals surface area (Å²) in [6.45, 7) is 0.385. The van der Waals surface area contributed by atoms with E-state index in [1.807, 2.05) is 18.2 Å². The van der Waals surface area contributed by atoms with Crippen molar-refractivity contribution in [3.05, 3.63) is 59.0 Å². The Bertz CT molecular complexity index is 642. The van der Waals surface area contributed by atoms with Gasteiger partial charge in [-0.15, -0.1) is 0 Å². The summed E-state index contributed by atoms with van der Waals surface area (Å²) in [6, 6.07) is 6.94. The first-order valence-electron chi connectivity index (χ1n) is 6.26. The van der Waals surface area contributed by atoms with Crippen LogP contribution in [-0.2, 0) is 0 Å². The molecule has 0 aliphatic rings. The number of aromatic nitrogens is 2. The Morgan fingerprint density at radius 2 is 2.24 bits per heavy atom. The maximum absolute atomic E-state index is 11.9. The number of carbonyl (C=O) groups excluding carboxylic acids is 1. The van der Waals surface area contributed by atoms with Gasteiger partial charge in [-0.25, -0.2) is 9.97 Å². The van der Waals surface area contributed by atoms with Crippen LogP contribution in [-0.4, -0.2) is 29.5 Å². The molecule has 0 radical (unpaired) electrons. The number of nitrogens with zero attached hydrogens (tertiary/aromatic N) is 2. The zero-order valence-corrected chi connectivity index (χ0v) is 12.2. The number of carbonyl (C=O) groups is 1. The number of ether oxygens (including phenoxy) is 1. The molecule has 0 unspecified atom stereocenters. The quantitative estimate of drug-likeness (QED) is 0.862. The summed E-state index contributed by atoms with van der Waals surface area (Å²) in [5.74, 6) is 0.303. The van der Waals surface area contributed by atoms with Gasteiger partial charge in [-0.05, 0) is 23.8 Å². The lowest BCUT2D eigenvalue weighted by atomic mass is 10.2. The molecule has 108 valence electrons. The lowest BCUT2D eigenvalue weighted by Crippen LogP contribution is -2.23. The van der Waals surface area contributed by atoms with Crippen molar-refractivity contribution in [1.82, 2.24) is 15.3 Å². The van der Waals surface area contributed by atoms with E-state index in [1.54, 1.807) is 31.5 Å². The maximum atomic E-state index is 11.9. The highest BCUT2D eigenvalue weighted by Crippen LogP contribution is 2.11. The van der Waals surface area contributed by atoms with Gasteiger partial charge in [0.05, 0.1) is 12.7 Å². The van der Waals surface area contributed by atoms with Crippen molar-refractivity contribution in [3.63, 3.8) is 0 Å². The zero-order valence-electron chi connectivity index (χ0n) is 11.4. The van der Waals surface area contributed by atoms with Crippen molar-refractivity contribution < 1.29 is 9.53 Å². The van der Waals surface area contributed by atoms with Crippen LogP contribution in [0.25, 0.3) is 6.08 Å². The minimum Gasteiger partial charge on any atom is -0.481 e. The van der Waals surface area contributed by atoms with Gasteiger partial charge in [0.2, 0.25) is 5.88 Å². The largest absolute Gasteiger partial charge is 0.481 e. The van der Waals surface area contributed by atoms with Crippen LogP contribution in [0, 0.1) is 0 Å². The third-order valence-corrected chi connectivity index (χ3v) is 2.96. The van der Waals surface area contributed by atoms with Gasteiger partial charge in [-0.2, -0.15) is 0 Å². The van der Waals surface area contributed by atoms with Crippen molar-refractivity contribution in [3.8, 4) is 5.88 Å². The molecule has 0 aromatic carbocycles. The zero-order chi connectivity index (χ0) is 15.1. The maximum Gasteiger partial charge on any atom is 0.254 e. The van der Waals surface area contributed by atoms with Gasteiger partial charge in [-0.3, -0.25) is 4.79 Å². The molecule has 0 fully saturated rings. The molecule has 0 atom stereocenters. The Labute approximate surface area is 127 Å². The number of methoxy groups -OCH3 is 1. The lowest BCUT2D eigenvalue weighted by Gasteiger charge is -2.03. The molecule has 21 heavy (non-hydrogen) atoms. The minimum atomic E-state index is -0.259. The average molecular weight is 304 g/mol. The molecule has 0 aliphatic carbocycles. The van der Waals surface area contributed by atoms with Gasteiger partial charge in [0, 0.05) is 25.0 Å². The van der Waals surface area contributed by atoms with E-state index >= 15 is 0 Å². The van der Waals surface area contributed by atoms with Crippen molar-refractivity contribution >= 4 is 23.6 Å². The molecule has 2 rings (SSSR count). The SMILES string of the molecule is COc1ccc(/C=C/CNC(=O)c2cccnc2Cl)cn1. The van der Waals surface area contributed by atoms with E-state index in [9.17, 15) is 4.79 Å². The predicted octanol–water partition coefficient (Wildman–Crippen LogP) is 2.58. The number of pyridine rings is 2. The third kappa shape index (κ3) is 4.29. The molecular weight excluding hydrogens is 290 g/mol. The molecule has 0 aliphatic heterocycles. The molecule has 2 aromatic rings. The Morgan fingerprint density at radius 1 is 1.38 bits per heavy atom. The highest BCUT2D eigenvalue weighted by Gasteiger charge is 2.08. The molecule has 2 aromatic heterocycles. The Morgan fingerprint density at radius 3 is 2.90 bits per heavy atom. The van der Waals surface area contributed by atoms with Crippen LogP contribution in [0.5, 0.6) is 5.88 Å². The Kier molecular flexibility index (Phi) is 5.29. The monoisotopic (exact) mass is 303 g/mol. The molecule has 2 heterocycles. The summed E-state index contributed by atoms with van der Waals surface area (Å²) in [4.78, 5) is 19.8. The predicted molar refractivity (Wildman–Crippen MR) is 81.4 cm³/mol. The van der Waals surface area contributed by atoms with Crippen molar-refractivity contribution in [2.75, 3.05) is 13.7 Å². The van der Waals surface area contributed by atoms with Crippen LogP contribution in [0.4, 0.5) is 0 Å². The highest BCUT2D eigenvalue weighted by molar-refractivity contribution is 6.32.